The van der Waals surface area contributed by atoms with Gasteiger partial charge in [0.05, 0.1) is 0 Å². The summed E-state index contributed by atoms with van der Waals surface area (Å²) in [4.78, 5) is 0. The molecular weight excluding hydrogens is 275 g/mol. The molecule has 7 heavy (non-hydrogen) atoms. The average molecular weight is 284 g/mol. The molecule has 0 aromatic rings. The summed E-state index contributed by atoms with van der Waals surface area (Å²) in [5, 5.41) is 8.66. The second-order valence-electron chi connectivity index (χ2n) is 1.18. The third-order valence-electron chi connectivity index (χ3n) is 0.545. The molecule has 4 heteroatoms. The van der Waals surface area contributed by atoms with Gasteiger partial charge in [0.1, 0.15) is 0 Å². The maximum absolute atomic E-state index is 8.66. The molecule has 0 saturated carbocycles. The van der Waals surface area contributed by atoms with E-state index in [4.69, 9.17) is 10.8 Å². The van der Waals surface area contributed by atoms with Gasteiger partial charge in [-0.25, -0.2) is 0 Å². The van der Waals surface area contributed by atoms with E-state index < -0.39 is 6.23 Å². The predicted octanol–water partition coefficient (Wildman–Crippen LogP) is -1.30. The zero-order valence-corrected chi connectivity index (χ0v) is 6.10. The van der Waals surface area contributed by atoms with E-state index in [-0.39, 0.29) is 0 Å². The number of nitrogens with two attached hydrogens (primary N) is 1. The first-order chi connectivity index (χ1) is 3.31. The Morgan fingerprint density at radius 1 is 1.86 bits per heavy atom. The summed E-state index contributed by atoms with van der Waals surface area (Å²) in [5.41, 5.74) is 5.10. The fourth-order valence-corrected chi connectivity index (χ4v) is 0.531. The van der Waals surface area contributed by atoms with Gasteiger partial charge in [-0.1, -0.05) is 0 Å². The van der Waals surface area contributed by atoms with Crippen LogP contribution in [0.2, 0.25) is 0 Å². The molecule has 1 atom stereocenters. The van der Waals surface area contributed by atoms with Crippen LogP contribution in [-0.2, 0) is 20.1 Å². The Morgan fingerprint density at radius 2 is 2.43 bits per heavy atom. The Bertz CT molecular complexity index is 43.9. The first-order valence-corrected chi connectivity index (χ1v) is 3.16. The first kappa shape index (κ1) is 7.57. The molecule has 0 radical (unpaired) electrons. The zero-order valence-electron chi connectivity index (χ0n) is 3.83. The van der Waals surface area contributed by atoms with Crippen molar-refractivity contribution in [3.05, 3.63) is 0 Å². The Morgan fingerprint density at radius 3 is 2.57 bits per heavy atom. The average Bonchev–Trinajstić information content (AvgIpc) is 1.68. The van der Waals surface area contributed by atoms with Crippen LogP contribution >= 0.6 is 0 Å². The van der Waals surface area contributed by atoms with Crippen LogP contribution in [-0.4, -0.2) is 17.9 Å². The van der Waals surface area contributed by atoms with E-state index in [1.54, 1.807) is 0 Å². The van der Waals surface area contributed by atoms with Crippen molar-refractivity contribution in [1.82, 2.24) is 3.88 Å². The Hall–Kier alpha value is 0.568. The van der Waals surface area contributed by atoms with Gasteiger partial charge < -0.3 is 0 Å². The van der Waals surface area contributed by atoms with Crippen molar-refractivity contribution in [2.75, 3.05) is 6.54 Å². The molecule has 0 aliphatic carbocycles. The van der Waals surface area contributed by atoms with Crippen molar-refractivity contribution in [3.63, 3.8) is 0 Å². The van der Waals surface area contributed by atoms with E-state index in [2.05, 4.69) is 3.88 Å². The molecule has 0 amide bonds. The van der Waals surface area contributed by atoms with Gasteiger partial charge in [-0.2, -0.15) is 0 Å². The molecule has 0 aliphatic rings. The van der Waals surface area contributed by atoms with E-state index in [1.807, 2.05) is 20.1 Å². The Kier molecular flexibility index (Phi) is 5.10. The van der Waals surface area contributed by atoms with Crippen LogP contribution in [0.25, 0.3) is 0 Å². The molecule has 0 rings (SSSR count). The molecule has 1 unspecified atom stereocenters. The molecule has 0 aromatic heterocycles. The van der Waals surface area contributed by atoms with Crippen LogP contribution in [0.5, 0.6) is 0 Å². The quantitative estimate of drug-likeness (QED) is 0.565. The van der Waals surface area contributed by atoms with Crippen LogP contribution in [0, 0.1) is 0 Å². The van der Waals surface area contributed by atoms with Gasteiger partial charge in [0, 0.05) is 0 Å². The van der Waals surface area contributed by atoms with Crippen molar-refractivity contribution < 1.29 is 25.2 Å². The van der Waals surface area contributed by atoms with Crippen LogP contribution in [0.4, 0.5) is 0 Å². The number of nitrogens with one attached hydrogen (secondary N) is 1. The fraction of sp³-hybridized carbons (Fsp3) is 1.00. The maximum atomic E-state index is 8.66. The summed E-state index contributed by atoms with van der Waals surface area (Å²) in [6.45, 7) is 0.525. The van der Waals surface area contributed by atoms with Gasteiger partial charge in [-0.3, -0.25) is 0 Å². The minimum atomic E-state index is -0.438. The molecule has 0 aliphatic heterocycles. The summed E-state index contributed by atoms with van der Waals surface area (Å²) in [5.74, 6) is 0. The topological polar surface area (TPSA) is 58.3 Å². The molecule has 4 N–H and O–H groups in total. The van der Waals surface area contributed by atoms with E-state index >= 15 is 0 Å². The van der Waals surface area contributed by atoms with Crippen molar-refractivity contribution in [2.45, 2.75) is 12.6 Å². The van der Waals surface area contributed by atoms with E-state index in [9.17, 15) is 0 Å². The third kappa shape index (κ3) is 4.42. The monoisotopic (exact) mass is 284 g/mol. The molecule has 0 aromatic carbocycles. The predicted molar refractivity (Wildman–Crippen MR) is 22.8 cm³/mol. The Labute approximate surface area is 54.5 Å². The molecule has 3 nitrogen and oxygen atoms in total. The molecule has 0 bridgehead atoms. The second kappa shape index (κ2) is 4.72. The van der Waals surface area contributed by atoms with Gasteiger partial charge in [-0.05, 0) is 0 Å². The Balaban J connectivity index is 2.83. The standard InChI is InChI=1S/C3H9N2O.Pt/c4-2-1-3(5)6;/h3,5-6H,1-2,4H2;/q-1;+1. The van der Waals surface area contributed by atoms with Crippen molar-refractivity contribution in [3.8, 4) is 0 Å². The summed E-state index contributed by atoms with van der Waals surface area (Å²) in [6, 6.07) is 0. The first-order valence-electron chi connectivity index (χ1n) is 2.02. The van der Waals surface area contributed by atoms with Gasteiger partial charge in [0.2, 0.25) is 0 Å². The molecule has 47 valence electrons. The van der Waals surface area contributed by atoms with Gasteiger partial charge >= 0.3 is 54.0 Å². The molecule has 0 spiro atoms. The summed E-state index contributed by atoms with van der Waals surface area (Å²) in [6.07, 6.45) is 0.176. The van der Waals surface area contributed by atoms with Crippen LogP contribution < -0.4 is 9.61 Å². The SMILES string of the molecule is NCCC(O)[NH][Pt]. The van der Waals surface area contributed by atoms with Gasteiger partial charge in [0.15, 0.2) is 0 Å². The molecular formula is C3H9N2OPt. The fourth-order valence-electron chi connectivity index (χ4n) is 0.204. The summed E-state index contributed by atoms with van der Waals surface area (Å²) < 4.78 is 2.61. The normalized spacial score (nSPS) is 14.3. The zero-order chi connectivity index (χ0) is 5.70. The van der Waals surface area contributed by atoms with Crippen molar-refractivity contribution in [1.29, 1.82) is 0 Å². The number of aliphatic hydroxyl groups is 1. The van der Waals surface area contributed by atoms with E-state index in [1.165, 1.54) is 0 Å². The number of hydrogen-bond donors (Lipinski definition) is 3. The molecule has 0 heterocycles. The van der Waals surface area contributed by atoms with Crippen molar-refractivity contribution in [2.24, 2.45) is 5.73 Å². The number of rotatable bonds is 3. The van der Waals surface area contributed by atoms with Crippen LogP contribution in [0.1, 0.15) is 6.42 Å². The van der Waals surface area contributed by atoms with Gasteiger partial charge in [-0.15, -0.1) is 0 Å². The van der Waals surface area contributed by atoms with Crippen LogP contribution in [0.3, 0.4) is 0 Å². The van der Waals surface area contributed by atoms with E-state index in [0.717, 1.165) is 0 Å². The van der Waals surface area contributed by atoms with Crippen molar-refractivity contribution >= 4 is 0 Å². The van der Waals surface area contributed by atoms with Crippen LogP contribution in [0.15, 0.2) is 0 Å². The van der Waals surface area contributed by atoms with Gasteiger partial charge in [0.25, 0.3) is 0 Å². The molecule has 0 fully saturated rings. The number of hydrogen-bond acceptors (Lipinski definition) is 3. The summed E-state index contributed by atoms with van der Waals surface area (Å²) >= 11 is 1.87. The minimum absolute atomic E-state index is 0.438. The summed E-state index contributed by atoms with van der Waals surface area (Å²) in [7, 11) is 0. The van der Waals surface area contributed by atoms with E-state index in [0.29, 0.717) is 13.0 Å². The third-order valence-corrected chi connectivity index (χ3v) is 1.30. The molecule has 0 saturated heterocycles. The number of aliphatic hydroxyl groups excluding tert-OH is 1. The second-order valence-corrected chi connectivity index (χ2v) is 1.84.